The first-order valence-electron chi connectivity index (χ1n) is 7.03. The van der Waals surface area contributed by atoms with Crippen LogP contribution in [-0.4, -0.2) is 28.4 Å². The van der Waals surface area contributed by atoms with Crippen LogP contribution in [0.25, 0.3) is 0 Å². The van der Waals surface area contributed by atoms with Gasteiger partial charge in [-0.3, -0.25) is 14.4 Å². The van der Waals surface area contributed by atoms with Crippen LogP contribution in [-0.2, 0) is 4.79 Å². The molecule has 0 atom stereocenters. The molecule has 120 valence electrons. The van der Waals surface area contributed by atoms with E-state index in [0.29, 0.717) is 29.2 Å². The van der Waals surface area contributed by atoms with E-state index >= 15 is 0 Å². The van der Waals surface area contributed by atoms with Crippen LogP contribution < -0.4 is 5.32 Å². The van der Waals surface area contributed by atoms with Crippen LogP contribution in [0.15, 0.2) is 46.1 Å². The molecule has 2 rings (SSSR count). The van der Waals surface area contributed by atoms with Crippen molar-refractivity contribution in [3.05, 3.63) is 52.9 Å². The van der Waals surface area contributed by atoms with Crippen molar-refractivity contribution >= 4 is 29.2 Å². The second kappa shape index (κ2) is 7.73. The van der Waals surface area contributed by atoms with Gasteiger partial charge >= 0.3 is 0 Å². The summed E-state index contributed by atoms with van der Waals surface area (Å²) in [5.74, 6) is -0.195. The zero-order valence-corrected chi connectivity index (χ0v) is 13.4. The van der Waals surface area contributed by atoms with Gasteiger partial charge in [0, 0.05) is 18.2 Å². The number of ketones is 2. The van der Waals surface area contributed by atoms with Crippen LogP contribution in [0.2, 0.25) is 0 Å². The molecule has 1 N–H and O–H groups in total. The number of carbonyl (C=O) groups excluding carboxylic acids is 3. The molecule has 1 aliphatic rings. The summed E-state index contributed by atoms with van der Waals surface area (Å²) in [7, 11) is 0. The van der Waals surface area contributed by atoms with Gasteiger partial charge in [0.15, 0.2) is 0 Å². The molecule has 0 unspecified atom stereocenters. The van der Waals surface area contributed by atoms with E-state index < -0.39 is 0 Å². The molecular formula is C16H16N2O4S. The number of Topliss-reactive ketones (excluding diaryl/α,β-unsaturated/α-hetero) is 1. The molecule has 0 radical (unpaired) electrons. The molecular weight excluding hydrogens is 316 g/mol. The van der Waals surface area contributed by atoms with Crippen LogP contribution >= 0.6 is 11.8 Å². The zero-order valence-electron chi connectivity index (χ0n) is 12.6. The van der Waals surface area contributed by atoms with Crippen molar-refractivity contribution in [3.8, 4) is 0 Å². The van der Waals surface area contributed by atoms with Crippen molar-refractivity contribution in [2.24, 2.45) is 0 Å². The fourth-order valence-corrected chi connectivity index (χ4v) is 2.89. The van der Waals surface area contributed by atoms with E-state index in [1.807, 2.05) is 6.92 Å². The molecule has 0 bridgehead atoms. The standard InChI is InChI=1S/C16H16N2O4S/c1-3-10(4-2)18-14(20)6-5-7-23-13-8-12(19)16-11(15(13)21)9-17-22-16/h3-4,8-9H,1,5-7H2,2H3,(H,18,20). The molecule has 1 amide bonds. The third-order valence-corrected chi connectivity index (χ3v) is 4.25. The molecule has 6 nitrogen and oxygen atoms in total. The summed E-state index contributed by atoms with van der Waals surface area (Å²) in [5, 5.41) is 6.20. The minimum absolute atomic E-state index is 0.0120. The fourth-order valence-electron chi connectivity index (χ4n) is 1.95. The van der Waals surface area contributed by atoms with Crippen LogP contribution in [0, 0.1) is 0 Å². The molecule has 1 aromatic rings. The van der Waals surface area contributed by atoms with Gasteiger partial charge < -0.3 is 9.84 Å². The molecule has 0 aliphatic heterocycles. The van der Waals surface area contributed by atoms with Crippen molar-refractivity contribution in [2.75, 3.05) is 5.75 Å². The summed E-state index contributed by atoms with van der Waals surface area (Å²) in [6.45, 7) is 5.41. The maximum Gasteiger partial charge on any atom is 0.225 e. The summed E-state index contributed by atoms with van der Waals surface area (Å²) in [5.41, 5.74) is 0.861. The summed E-state index contributed by atoms with van der Waals surface area (Å²) in [6.07, 6.45) is 6.75. The lowest BCUT2D eigenvalue weighted by Crippen LogP contribution is -2.21. The van der Waals surface area contributed by atoms with Gasteiger partial charge in [-0.05, 0) is 25.2 Å². The molecule has 0 spiro atoms. The quantitative estimate of drug-likeness (QED) is 0.610. The monoisotopic (exact) mass is 332 g/mol. The Morgan fingerprint density at radius 3 is 2.96 bits per heavy atom. The Morgan fingerprint density at radius 1 is 1.48 bits per heavy atom. The van der Waals surface area contributed by atoms with Gasteiger partial charge in [0.1, 0.15) is 0 Å². The van der Waals surface area contributed by atoms with Crippen LogP contribution in [0.4, 0.5) is 0 Å². The Balaban J connectivity index is 1.81. The van der Waals surface area contributed by atoms with Crippen molar-refractivity contribution in [3.63, 3.8) is 0 Å². The molecule has 0 saturated carbocycles. The smallest absolute Gasteiger partial charge is 0.225 e. The summed E-state index contributed by atoms with van der Waals surface area (Å²) < 4.78 is 4.76. The molecule has 1 aromatic heterocycles. The average Bonchev–Trinajstić information content (AvgIpc) is 3.04. The van der Waals surface area contributed by atoms with Crippen molar-refractivity contribution in [1.29, 1.82) is 0 Å². The van der Waals surface area contributed by atoms with E-state index in [-0.39, 0.29) is 28.8 Å². The lowest BCUT2D eigenvalue weighted by atomic mass is 10.0. The number of nitrogens with zero attached hydrogens (tertiary/aromatic N) is 1. The Hall–Kier alpha value is -2.41. The third kappa shape index (κ3) is 4.07. The van der Waals surface area contributed by atoms with Crippen LogP contribution in [0.5, 0.6) is 0 Å². The number of hydrogen-bond acceptors (Lipinski definition) is 6. The highest BCUT2D eigenvalue weighted by atomic mass is 32.2. The first-order valence-corrected chi connectivity index (χ1v) is 8.02. The number of rotatable bonds is 7. The SMILES string of the molecule is C=CC(=CC)NC(=O)CCCSC1=CC(=O)c2oncc2C1=O. The molecule has 0 fully saturated rings. The van der Waals surface area contributed by atoms with Gasteiger partial charge in [0.25, 0.3) is 0 Å². The van der Waals surface area contributed by atoms with E-state index in [9.17, 15) is 14.4 Å². The zero-order chi connectivity index (χ0) is 16.8. The number of hydrogen-bond donors (Lipinski definition) is 1. The van der Waals surface area contributed by atoms with E-state index in [1.54, 1.807) is 12.2 Å². The van der Waals surface area contributed by atoms with Gasteiger partial charge in [-0.1, -0.05) is 17.8 Å². The van der Waals surface area contributed by atoms with Crippen molar-refractivity contribution in [2.45, 2.75) is 19.8 Å². The predicted molar refractivity (Wildman–Crippen MR) is 87.0 cm³/mol. The maximum atomic E-state index is 12.1. The van der Waals surface area contributed by atoms with Gasteiger partial charge in [-0.25, -0.2) is 0 Å². The fraction of sp³-hybridized carbons (Fsp3) is 0.250. The lowest BCUT2D eigenvalue weighted by molar-refractivity contribution is -0.120. The van der Waals surface area contributed by atoms with Gasteiger partial charge in [-0.2, -0.15) is 0 Å². The summed E-state index contributed by atoms with van der Waals surface area (Å²) >= 11 is 1.26. The van der Waals surface area contributed by atoms with E-state index in [1.165, 1.54) is 24.0 Å². The van der Waals surface area contributed by atoms with E-state index in [4.69, 9.17) is 4.52 Å². The normalized spacial score (nSPS) is 14.3. The second-order valence-corrected chi connectivity index (χ2v) is 5.86. The number of carbonyl (C=O) groups is 3. The van der Waals surface area contributed by atoms with Crippen LogP contribution in [0.1, 0.15) is 40.7 Å². The van der Waals surface area contributed by atoms with E-state index in [0.717, 1.165) is 0 Å². The highest BCUT2D eigenvalue weighted by Crippen LogP contribution is 2.28. The predicted octanol–water partition coefficient (Wildman–Crippen LogP) is 2.66. The Labute approximate surface area is 137 Å². The first kappa shape index (κ1) is 17.0. The number of aromatic nitrogens is 1. The number of amides is 1. The second-order valence-electron chi connectivity index (χ2n) is 4.72. The van der Waals surface area contributed by atoms with Gasteiger partial charge in [-0.15, -0.1) is 11.8 Å². The summed E-state index contributed by atoms with van der Waals surface area (Å²) in [4.78, 5) is 36.0. The van der Waals surface area contributed by atoms with Crippen molar-refractivity contribution in [1.82, 2.24) is 10.5 Å². The molecule has 1 aliphatic carbocycles. The highest BCUT2D eigenvalue weighted by molar-refractivity contribution is 8.04. The summed E-state index contributed by atoms with van der Waals surface area (Å²) in [6, 6.07) is 0. The molecule has 0 saturated heterocycles. The minimum atomic E-state index is -0.360. The maximum absolute atomic E-state index is 12.1. The number of allylic oxidation sites excluding steroid dienone is 4. The average molecular weight is 332 g/mol. The third-order valence-electron chi connectivity index (χ3n) is 3.15. The Bertz CT molecular complexity index is 715. The number of nitrogens with one attached hydrogen (secondary N) is 1. The number of thioether (sulfide) groups is 1. The molecule has 7 heteroatoms. The van der Waals surface area contributed by atoms with Crippen molar-refractivity contribution < 1.29 is 18.9 Å². The lowest BCUT2D eigenvalue weighted by Gasteiger charge is -2.09. The van der Waals surface area contributed by atoms with Crippen LogP contribution in [0.3, 0.4) is 0 Å². The van der Waals surface area contributed by atoms with Gasteiger partial charge in [0.05, 0.1) is 16.7 Å². The molecule has 23 heavy (non-hydrogen) atoms. The Morgan fingerprint density at radius 2 is 2.26 bits per heavy atom. The van der Waals surface area contributed by atoms with Gasteiger partial charge in [0.2, 0.25) is 23.2 Å². The largest absolute Gasteiger partial charge is 0.352 e. The molecule has 0 aromatic carbocycles. The topological polar surface area (TPSA) is 89.3 Å². The van der Waals surface area contributed by atoms with E-state index in [2.05, 4.69) is 17.1 Å². The minimum Gasteiger partial charge on any atom is -0.352 e. The highest BCUT2D eigenvalue weighted by Gasteiger charge is 2.29. The number of fused-ring (bicyclic) bond motifs is 1. The Kier molecular flexibility index (Phi) is 5.70. The molecule has 1 heterocycles. The first-order chi connectivity index (χ1) is 11.1.